The van der Waals surface area contributed by atoms with E-state index in [0.717, 1.165) is 30.2 Å². The zero-order valence-electron chi connectivity index (χ0n) is 21.8. The molecule has 6 rings (SSSR count). The Balaban J connectivity index is 1.40. The van der Waals surface area contributed by atoms with Crippen molar-refractivity contribution in [3.8, 4) is 23.0 Å². The fourth-order valence-electron chi connectivity index (χ4n) is 4.66. The van der Waals surface area contributed by atoms with Gasteiger partial charge in [-0.1, -0.05) is 12.1 Å². The summed E-state index contributed by atoms with van der Waals surface area (Å²) in [5, 5.41) is 4.30. The molecule has 0 radical (unpaired) electrons. The van der Waals surface area contributed by atoms with E-state index in [1.807, 2.05) is 0 Å². The van der Waals surface area contributed by atoms with Gasteiger partial charge in [-0.05, 0) is 50.5 Å². The fraction of sp³-hybridized carbons (Fsp3) is 0.296. The van der Waals surface area contributed by atoms with Gasteiger partial charge in [-0.2, -0.15) is 23.3 Å². The number of hydrogen-bond acceptors (Lipinski definition) is 8. The highest BCUT2D eigenvalue weighted by Crippen LogP contribution is 2.44. The second-order valence-corrected chi connectivity index (χ2v) is 9.66. The Kier molecular flexibility index (Phi) is 6.08. The van der Waals surface area contributed by atoms with Crippen LogP contribution in [0.1, 0.15) is 47.1 Å². The van der Waals surface area contributed by atoms with E-state index in [1.165, 1.54) is 22.7 Å². The van der Waals surface area contributed by atoms with Crippen LogP contribution in [-0.4, -0.2) is 46.4 Å². The van der Waals surface area contributed by atoms with Crippen LogP contribution in [0.25, 0.3) is 28.1 Å². The maximum Gasteiger partial charge on any atom is 0.435 e. The SMILES string of the molecule is COc1ncnc(C2CC2)c1-c1ncc2c(C)nc(=O)n(Cc3ccc(-n4nc(C(F)(F)F)cc4C)cc3)c2n1. The molecule has 0 saturated heterocycles. The van der Waals surface area contributed by atoms with Crippen LogP contribution in [0.15, 0.2) is 47.7 Å². The number of aromatic nitrogens is 8. The highest BCUT2D eigenvalue weighted by atomic mass is 19.4. The summed E-state index contributed by atoms with van der Waals surface area (Å²) >= 11 is 0. The molecule has 1 aliphatic carbocycles. The van der Waals surface area contributed by atoms with Crippen molar-refractivity contribution in [2.75, 3.05) is 7.11 Å². The van der Waals surface area contributed by atoms with Gasteiger partial charge in [0.2, 0.25) is 5.88 Å². The molecular weight excluding hydrogens is 525 g/mol. The van der Waals surface area contributed by atoms with Crippen LogP contribution in [0.4, 0.5) is 13.2 Å². The number of alkyl halides is 3. The van der Waals surface area contributed by atoms with Crippen LogP contribution in [0.2, 0.25) is 0 Å². The van der Waals surface area contributed by atoms with Crippen molar-refractivity contribution in [1.29, 1.82) is 0 Å². The Hall–Kier alpha value is -4.68. The molecule has 0 unspecified atom stereocenters. The number of benzene rings is 1. The minimum Gasteiger partial charge on any atom is -0.480 e. The number of methoxy groups -OCH3 is 1. The molecule has 40 heavy (non-hydrogen) atoms. The summed E-state index contributed by atoms with van der Waals surface area (Å²) in [5.74, 6) is 0.974. The monoisotopic (exact) mass is 548 g/mol. The van der Waals surface area contributed by atoms with Gasteiger partial charge in [0.05, 0.1) is 36.1 Å². The maximum atomic E-state index is 13.1. The van der Waals surface area contributed by atoms with Gasteiger partial charge < -0.3 is 4.74 Å². The largest absolute Gasteiger partial charge is 0.480 e. The fourth-order valence-corrected chi connectivity index (χ4v) is 4.66. The van der Waals surface area contributed by atoms with Crippen molar-refractivity contribution < 1.29 is 17.9 Å². The van der Waals surface area contributed by atoms with Crippen molar-refractivity contribution in [1.82, 2.24) is 39.3 Å². The quantitative estimate of drug-likeness (QED) is 0.307. The molecule has 1 aromatic carbocycles. The van der Waals surface area contributed by atoms with Crippen molar-refractivity contribution >= 4 is 11.0 Å². The topological polar surface area (TPSA) is 114 Å². The lowest BCUT2D eigenvalue weighted by Crippen LogP contribution is -2.26. The Morgan fingerprint density at radius 3 is 2.45 bits per heavy atom. The molecule has 1 aliphatic rings. The lowest BCUT2D eigenvalue weighted by atomic mass is 10.1. The van der Waals surface area contributed by atoms with Crippen LogP contribution < -0.4 is 10.4 Å². The Morgan fingerprint density at radius 1 is 1.05 bits per heavy atom. The molecule has 4 heterocycles. The lowest BCUT2D eigenvalue weighted by Gasteiger charge is -2.14. The zero-order chi connectivity index (χ0) is 28.2. The van der Waals surface area contributed by atoms with Gasteiger partial charge in [0.1, 0.15) is 17.5 Å². The first-order valence-corrected chi connectivity index (χ1v) is 12.5. The molecule has 4 aromatic heterocycles. The van der Waals surface area contributed by atoms with E-state index in [1.54, 1.807) is 44.3 Å². The minimum atomic E-state index is -4.54. The van der Waals surface area contributed by atoms with E-state index in [-0.39, 0.29) is 12.5 Å². The number of hydrogen-bond donors (Lipinski definition) is 0. The molecule has 13 heteroatoms. The minimum absolute atomic E-state index is 0.128. The second kappa shape index (κ2) is 9.50. The van der Waals surface area contributed by atoms with E-state index in [4.69, 9.17) is 9.72 Å². The summed E-state index contributed by atoms with van der Waals surface area (Å²) < 4.78 is 47.5. The molecule has 0 atom stereocenters. The predicted molar refractivity (Wildman–Crippen MR) is 138 cm³/mol. The number of aryl methyl sites for hydroxylation is 2. The van der Waals surface area contributed by atoms with Crippen molar-refractivity contribution in [2.45, 2.75) is 45.3 Å². The first-order chi connectivity index (χ1) is 19.1. The Labute approximate surface area is 225 Å². The summed E-state index contributed by atoms with van der Waals surface area (Å²) in [7, 11) is 1.52. The molecule has 0 N–H and O–H groups in total. The molecule has 0 aliphatic heterocycles. The molecular formula is C27H23F3N8O2. The van der Waals surface area contributed by atoms with Gasteiger partial charge >= 0.3 is 11.9 Å². The molecule has 5 aromatic rings. The van der Waals surface area contributed by atoms with E-state index in [2.05, 4.69) is 25.0 Å². The summed E-state index contributed by atoms with van der Waals surface area (Å²) in [6.45, 7) is 3.40. The Morgan fingerprint density at radius 2 is 1.80 bits per heavy atom. The highest BCUT2D eigenvalue weighted by molar-refractivity contribution is 5.79. The highest BCUT2D eigenvalue weighted by Gasteiger charge is 2.34. The molecule has 0 amide bonds. The average molecular weight is 549 g/mol. The van der Waals surface area contributed by atoms with Gasteiger partial charge in [-0.25, -0.2) is 29.4 Å². The van der Waals surface area contributed by atoms with E-state index < -0.39 is 17.6 Å². The van der Waals surface area contributed by atoms with Crippen molar-refractivity contribution in [3.05, 3.63) is 81.7 Å². The van der Waals surface area contributed by atoms with Crippen LogP contribution in [0.5, 0.6) is 5.88 Å². The molecule has 0 spiro atoms. The first-order valence-electron chi connectivity index (χ1n) is 12.5. The number of fused-ring (bicyclic) bond motifs is 1. The van der Waals surface area contributed by atoms with Gasteiger partial charge in [0.15, 0.2) is 11.5 Å². The summed E-state index contributed by atoms with van der Waals surface area (Å²) in [6, 6.07) is 7.75. The third-order valence-corrected chi connectivity index (χ3v) is 6.83. The summed E-state index contributed by atoms with van der Waals surface area (Å²) in [5.41, 5.74) is 2.36. The van der Waals surface area contributed by atoms with Crippen LogP contribution in [0.3, 0.4) is 0 Å². The van der Waals surface area contributed by atoms with E-state index >= 15 is 0 Å². The standard InChI is InChI=1S/C27H23F3N8O2/c1-14-10-20(27(28,29)30)36-38(14)18-8-4-16(5-9-18)12-37-24-19(15(2)34-26(37)39)11-31-23(35-24)21-22(17-6-7-17)32-13-33-25(21)40-3/h4-5,8-11,13,17H,6-7,12H2,1-3H3. The number of nitrogens with zero attached hydrogens (tertiary/aromatic N) is 8. The molecule has 1 saturated carbocycles. The summed E-state index contributed by atoms with van der Waals surface area (Å²) in [4.78, 5) is 35.2. The van der Waals surface area contributed by atoms with Crippen molar-refractivity contribution in [3.63, 3.8) is 0 Å². The van der Waals surface area contributed by atoms with Gasteiger partial charge in [0, 0.05) is 17.8 Å². The maximum absolute atomic E-state index is 13.1. The number of rotatable bonds is 6. The third kappa shape index (κ3) is 4.56. The number of ether oxygens (including phenoxy) is 1. The van der Waals surface area contributed by atoms with Gasteiger partial charge in [0.25, 0.3) is 0 Å². The average Bonchev–Trinajstić information content (AvgIpc) is 3.70. The first kappa shape index (κ1) is 25.6. The second-order valence-electron chi connectivity index (χ2n) is 9.66. The van der Waals surface area contributed by atoms with Gasteiger partial charge in [-0.15, -0.1) is 0 Å². The molecule has 204 valence electrons. The Bertz CT molecular complexity index is 1810. The lowest BCUT2D eigenvalue weighted by molar-refractivity contribution is -0.141. The third-order valence-electron chi connectivity index (χ3n) is 6.83. The van der Waals surface area contributed by atoms with E-state index in [0.29, 0.717) is 45.4 Å². The summed E-state index contributed by atoms with van der Waals surface area (Å²) in [6.07, 6.45) is 0.549. The molecule has 0 bridgehead atoms. The molecule has 10 nitrogen and oxygen atoms in total. The van der Waals surface area contributed by atoms with Crippen LogP contribution >= 0.6 is 0 Å². The van der Waals surface area contributed by atoms with E-state index in [9.17, 15) is 18.0 Å². The van der Waals surface area contributed by atoms with Gasteiger partial charge in [-0.3, -0.25) is 4.57 Å². The normalized spacial score (nSPS) is 13.7. The number of halogens is 3. The predicted octanol–water partition coefficient (Wildman–Crippen LogP) is 4.40. The van der Waals surface area contributed by atoms with Crippen LogP contribution in [0, 0.1) is 13.8 Å². The van der Waals surface area contributed by atoms with Crippen LogP contribution in [-0.2, 0) is 12.7 Å². The van der Waals surface area contributed by atoms with Crippen molar-refractivity contribution in [2.24, 2.45) is 0 Å². The smallest absolute Gasteiger partial charge is 0.435 e. The zero-order valence-corrected chi connectivity index (χ0v) is 21.8. The molecule has 1 fully saturated rings.